The first-order chi connectivity index (χ1) is 14.5. The molecule has 2 aliphatic rings. The van der Waals surface area contributed by atoms with Crippen LogP contribution in [0.4, 0.5) is 0 Å². The van der Waals surface area contributed by atoms with Crippen LogP contribution >= 0.6 is 0 Å². The molecule has 0 aliphatic heterocycles. The number of nitrogens with zero attached hydrogens (tertiary/aromatic N) is 4. The van der Waals surface area contributed by atoms with Gasteiger partial charge in [-0.15, -0.1) is 0 Å². The van der Waals surface area contributed by atoms with Crippen molar-refractivity contribution in [2.24, 2.45) is 0 Å². The lowest BCUT2D eigenvalue weighted by molar-refractivity contribution is 0.383. The van der Waals surface area contributed by atoms with Crippen molar-refractivity contribution in [1.29, 1.82) is 5.26 Å². The van der Waals surface area contributed by atoms with Gasteiger partial charge in [-0.3, -0.25) is 9.55 Å². The Morgan fingerprint density at radius 3 is 2.60 bits per heavy atom. The molecule has 0 radical (unpaired) electrons. The molecular weight excluding hydrogens is 398 g/mol. The summed E-state index contributed by atoms with van der Waals surface area (Å²) in [4.78, 5) is 9.19. The highest BCUT2D eigenvalue weighted by molar-refractivity contribution is 7.89. The van der Waals surface area contributed by atoms with E-state index >= 15 is 0 Å². The van der Waals surface area contributed by atoms with E-state index in [2.05, 4.69) is 20.8 Å². The first-order valence-corrected chi connectivity index (χ1v) is 11.3. The number of sulfonamides is 1. The van der Waals surface area contributed by atoms with E-state index in [4.69, 9.17) is 0 Å². The molecule has 3 aromatic heterocycles. The summed E-state index contributed by atoms with van der Waals surface area (Å²) in [5.74, 6) is 0. The maximum Gasteiger partial charge on any atom is 0.242 e. The van der Waals surface area contributed by atoms with Gasteiger partial charge in [0.2, 0.25) is 10.0 Å². The lowest BCUT2D eigenvalue weighted by atomic mass is 9.94. The van der Waals surface area contributed by atoms with E-state index in [9.17, 15) is 13.7 Å². The summed E-state index contributed by atoms with van der Waals surface area (Å²) < 4.78 is 29.8. The number of hydrogen-bond donors (Lipinski definition) is 1. The molecule has 8 heteroatoms. The highest BCUT2D eigenvalue weighted by Gasteiger charge is 2.26. The van der Waals surface area contributed by atoms with Gasteiger partial charge in [0, 0.05) is 29.0 Å². The van der Waals surface area contributed by atoms with Crippen molar-refractivity contribution >= 4 is 26.8 Å². The van der Waals surface area contributed by atoms with Gasteiger partial charge in [0.25, 0.3) is 0 Å². The maximum atomic E-state index is 12.6. The summed E-state index contributed by atoms with van der Waals surface area (Å²) in [6.07, 6.45) is 9.93. The molecule has 0 saturated heterocycles. The summed E-state index contributed by atoms with van der Waals surface area (Å²) >= 11 is 0. The summed E-state index contributed by atoms with van der Waals surface area (Å²) in [6.45, 7) is 1.90. The molecule has 3 aromatic rings. The monoisotopic (exact) mass is 417 g/mol. The number of pyridine rings is 2. The fraction of sp³-hybridized carbons (Fsp3) is 0.227. The highest BCUT2D eigenvalue weighted by atomic mass is 32.2. The molecule has 5 rings (SSSR count). The molecule has 2 aliphatic carbocycles. The number of allylic oxidation sites excluding steroid dienone is 4. The van der Waals surface area contributed by atoms with Crippen molar-refractivity contribution in [1.82, 2.24) is 19.3 Å². The number of hydrogen-bond acceptors (Lipinski definition) is 5. The number of aryl methyl sites for hydroxylation is 1. The smallest absolute Gasteiger partial charge is 0.242 e. The van der Waals surface area contributed by atoms with Gasteiger partial charge >= 0.3 is 0 Å². The van der Waals surface area contributed by atoms with Gasteiger partial charge in [-0.05, 0) is 56.2 Å². The second-order valence-electron chi connectivity index (χ2n) is 7.57. The minimum Gasteiger partial charge on any atom is -0.291 e. The molecule has 1 N–H and O–H groups in total. The third-order valence-electron chi connectivity index (χ3n) is 5.58. The number of rotatable bonds is 5. The maximum absolute atomic E-state index is 12.6. The largest absolute Gasteiger partial charge is 0.291 e. The predicted molar refractivity (Wildman–Crippen MR) is 114 cm³/mol. The molecule has 0 amide bonds. The Balaban J connectivity index is 1.63. The Labute approximate surface area is 174 Å². The van der Waals surface area contributed by atoms with Crippen LogP contribution in [0, 0.1) is 18.3 Å². The molecule has 0 unspecified atom stereocenters. The van der Waals surface area contributed by atoms with Crippen molar-refractivity contribution in [2.75, 3.05) is 0 Å². The first kappa shape index (κ1) is 18.7. The minimum absolute atomic E-state index is 0.00838. The quantitative estimate of drug-likeness (QED) is 0.684. The standard InChI is InChI=1S/C22H19N5O2S/c1-14-8-10-18-19(12-23)21(27(22(18)25-14)16-6-3-7-16)20-11-9-17(13-24-20)30(28,29)26-15-4-2-5-15/h3,6-11,13,15,26H,2,4-5H2,1H3. The van der Waals surface area contributed by atoms with Crippen molar-refractivity contribution in [3.05, 3.63) is 59.9 Å². The van der Waals surface area contributed by atoms with Crippen LogP contribution in [0.2, 0.25) is 0 Å². The molecule has 150 valence electrons. The first-order valence-electron chi connectivity index (χ1n) is 9.77. The summed E-state index contributed by atoms with van der Waals surface area (Å²) in [6, 6.07) is 9.24. The molecule has 30 heavy (non-hydrogen) atoms. The van der Waals surface area contributed by atoms with E-state index in [1.165, 1.54) is 12.3 Å². The topological polar surface area (TPSA) is 101 Å². The molecule has 7 nitrogen and oxygen atoms in total. The Morgan fingerprint density at radius 2 is 2.03 bits per heavy atom. The van der Waals surface area contributed by atoms with E-state index in [0.29, 0.717) is 22.6 Å². The van der Waals surface area contributed by atoms with E-state index in [0.717, 1.165) is 36.0 Å². The molecule has 0 spiro atoms. The zero-order valence-corrected chi connectivity index (χ0v) is 17.1. The minimum atomic E-state index is -3.60. The summed E-state index contributed by atoms with van der Waals surface area (Å²) in [5.41, 5.74) is 4.03. The van der Waals surface area contributed by atoms with Gasteiger partial charge in [0.05, 0.1) is 17.0 Å². The van der Waals surface area contributed by atoms with E-state index in [1.54, 1.807) is 6.07 Å². The van der Waals surface area contributed by atoms with Crippen LogP contribution in [-0.2, 0) is 10.0 Å². The Kier molecular flexibility index (Phi) is 4.31. The SMILES string of the molecule is Cc1ccc2c(C#N)c(-c3ccc(S(=O)(=O)NC4CCC4)cn3)n(C3=CC=C3)c2n1. The summed E-state index contributed by atoms with van der Waals surface area (Å²) in [7, 11) is -3.60. The predicted octanol–water partition coefficient (Wildman–Crippen LogP) is 3.52. The van der Waals surface area contributed by atoms with Crippen molar-refractivity contribution < 1.29 is 8.42 Å². The lowest BCUT2D eigenvalue weighted by Crippen LogP contribution is -2.39. The average molecular weight is 417 g/mol. The zero-order chi connectivity index (χ0) is 20.9. The van der Waals surface area contributed by atoms with Gasteiger partial charge in [-0.25, -0.2) is 18.1 Å². The third kappa shape index (κ3) is 2.95. The third-order valence-corrected chi connectivity index (χ3v) is 7.08. The number of nitrogens with one attached hydrogen (secondary N) is 1. The van der Waals surface area contributed by atoms with E-state index in [-0.39, 0.29) is 10.9 Å². The van der Waals surface area contributed by atoms with Crippen LogP contribution in [0.15, 0.2) is 53.6 Å². The van der Waals surface area contributed by atoms with Crippen LogP contribution in [0.5, 0.6) is 0 Å². The normalized spacial score (nSPS) is 16.1. The number of aromatic nitrogens is 3. The van der Waals surface area contributed by atoms with Crippen LogP contribution < -0.4 is 4.72 Å². The second-order valence-corrected chi connectivity index (χ2v) is 9.29. The molecule has 1 fully saturated rings. The van der Waals surface area contributed by atoms with Crippen LogP contribution in [0.3, 0.4) is 0 Å². The van der Waals surface area contributed by atoms with Gasteiger partial charge in [0.15, 0.2) is 0 Å². The Morgan fingerprint density at radius 1 is 1.23 bits per heavy atom. The molecule has 3 heterocycles. The van der Waals surface area contributed by atoms with Crippen LogP contribution in [0.1, 0.15) is 30.5 Å². The number of nitriles is 1. The van der Waals surface area contributed by atoms with Gasteiger partial charge in [0.1, 0.15) is 16.6 Å². The molecule has 1 saturated carbocycles. The Hall–Kier alpha value is -3.28. The van der Waals surface area contributed by atoms with Crippen molar-refractivity contribution in [3.63, 3.8) is 0 Å². The average Bonchev–Trinajstić information content (AvgIpc) is 2.97. The van der Waals surface area contributed by atoms with Gasteiger partial charge < -0.3 is 0 Å². The van der Waals surface area contributed by atoms with E-state index < -0.39 is 10.0 Å². The molecule has 0 atom stereocenters. The van der Waals surface area contributed by atoms with Crippen molar-refractivity contribution in [2.45, 2.75) is 37.1 Å². The van der Waals surface area contributed by atoms with Crippen LogP contribution in [0.25, 0.3) is 28.1 Å². The fourth-order valence-corrected chi connectivity index (χ4v) is 4.93. The van der Waals surface area contributed by atoms with Crippen molar-refractivity contribution in [3.8, 4) is 17.5 Å². The molecule has 0 bridgehead atoms. The zero-order valence-electron chi connectivity index (χ0n) is 16.3. The van der Waals surface area contributed by atoms with Crippen LogP contribution in [-0.4, -0.2) is 29.0 Å². The lowest BCUT2D eigenvalue weighted by Gasteiger charge is -2.26. The van der Waals surface area contributed by atoms with E-state index in [1.807, 2.05) is 41.9 Å². The Bertz CT molecular complexity index is 1370. The highest BCUT2D eigenvalue weighted by Crippen LogP contribution is 2.36. The fourth-order valence-electron chi connectivity index (χ4n) is 3.69. The second kappa shape index (κ2) is 6.90. The van der Waals surface area contributed by atoms with Gasteiger partial charge in [-0.1, -0.05) is 12.5 Å². The molecular formula is C22H19N5O2S. The number of fused-ring (bicyclic) bond motifs is 1. The van der Waals surface area contributed by atoms with Gasteiger partial charge in [-0.2, -0.15) is 5.26 Å². The summed E-state index contributed by atoms with van der Waals surface area (Å²) in [5, 5.41) is 10.6. The molecule has 0 aromatic carbocycles.